The Morgan fingerprint density at radius 3 is 2.10 bits per heavy atom. The fourth-order valence-electron chi connectivity index (χ4n) is 3.89. The van der Waals surface area contributed by atoms with Crippen LogP contribution in [0.4, 0.5) is 35.4 Å². The molecule has 15 heteroatoms. The van der Waals surface area contributed by atoms with Gasteiger partial charge in [0.15, 0.2) is 6.61 Å². The predicted molar refractivity (Wildman–Crippen MR) is 193 cm³/mol. The zero-order valence-corrected chi connectivity index (χ0v) is 31.2. The zero-order chi connectivity index (χ0) is 37.4. The van der Waals surface area contributed by atoms with Crippen molar-refractivity contribution in [3.8, 4) is 11.6 Å². The maximum Gasteiger partial charge on any atom is 0.422 e. The number of nitrogens with zero attached hydrogens (tertiary/aromatic N) is 2. The number of amides is 2. The summed E-state index contributed by atoms with van der Waals surface area (Å²) < 4.78 is 54.4. The molecule has 0 aliphatic rings. The van der Waals surface area contributed by atoms with Crippen LogP contribution in [0, 0.1) is 5.41 Å². The molecule has 0 unspecified atom stereocenters. The van der Waals surface area contributed by atoms with Crippen molar-refractivity contribution in [1.29, 1.82) is 0 Å². The maximum absolute atomic E-state index is 12.9. The summed E-state index contributed by atoms with van der Waals surface area (Å²) in [5, 5.41) is 12.5. The molecule has 50 heavy (non-hydrogen) atoms. The van der Waals surface area contributed by atoms with Crippen LogP contribution in [0.1, 0.15) is 70.8 Å². The molecule has 0 spiro atoms. The lowest BCUT2D eigenvalue weighted by molar-refractivity contribution is -0.154. The molecule has 276 valence electrons. The summed E-state index contributed by atoms with van der Waals surface area (Å²) in [7, 11) is 0. The number of ether oxygens (including phenoxy) is 3. The molecule has 1 aromatic heterocycles. The summed E-state index contributed by atoms with van der Waals surface area (Å²) in [4.78, 5) is 33.2. The molecular formula is C35H48BrF3N6O5. The molecule has 0 saturated heterocycles. The zero-order valence-electron chi connectivity index (χ0n) is 29.6. The second kappa shape index (κ2) is 19.8. The second-order valence-electron chi connectivity index (χ2n) is 12.6. The molecule has 11 nitrogen and oxygen atoms in total. The molecular weight excluding hydrogens is 721 g/mol. The van der Waals surface area contributed by atoms with Gasteiger partial charge in [-0.1, -0.05) is 55.8 Å². The Morgan fingerprint density at radius 1 is 0.860 bits per heavy atom. The van der Waals surface area contributed by atoms with Crippen molar-refractivity contribution in [3.63, 3.8) is 0 Å². The van der Waals surface area contributed by atoms with Crippen LogP contribution in [0.5, 0.6) is 11.6 Å². The van der Waals surface area contributed by atoms with Crippen LogP contribution in [-0.2, 0) is 11.3 Å². The Labute approximate surface area is 300 Å². The molecule has 2 aromatic carbocycles. The van der Waals surface area contributed by atoms with E-state index in [9.17, 15) is 22.8 Å². The van der Waals surface area contributed by atoms with Crippen LogP contribution in [-0.4, -0.2) is 65.4 Å². The highest BCUT2D eigenvalue weighted by molar-refractivity contribution is 9.09. The fourth-order valence-corrected chi connectivity index (χ4v) is 4.11. The summed E-state index contributed by atoms with van der Waals surface area (Å²) in [6.07, 6.45) is -4.21. The minimum absolute atomic E-state index is 0.0100. The van der Waals surface area contributed by atoms with E-state index < -0.39 is 29.9 Å². The van der Waals surface area contributed by atoms with E-state index in [1.54, 1.807) is 45.0 Å². The van der Waals surface area contributed by atoms with E-state index in [0.29, 0.717) is 24.4 Å². The number of aromatic nitrogens is 2. The second-order valence-corrected chi connectivity index (χ2v) is 13.4. The predicted octanol–water partition coefficient (Wildman–Crippen LogP) is 8.24. The van der Waals surface area contributed by atoms with Crippen LogP contribution in [0.2, 0.25) is 0 Å². The molecule has 0 saturated carbocycles. The average molecular weight is 770 g/mol. The Kier molecular flexibility index (Phi) is 16.6. The number of rotatable bonds is 16. The molecule has 1 heterocycles. The first-order valence-electron chi connectivity index (χ1n) is 16.2. The minimum Gasteiger partial charge on any atom is -0.494 e. The van der Waals surface area contributed by atoms with E-state index in [1.807, 2.05) is 52.0 Å². The molecule has 0 aliphatic carbocycles. The highest BCUT2D eigenvalue weighted by Gasteiger charge is 2.29. The number of alkyl halides is 4. The van der Waals surface area contributed by atoms with Gasteiger partial charge in [0.25, 0.3) is 5.91 Å². The van der Waals surface area contributed by atoms with Gasteiger partial charge in [0.2, 0.25) is 11.8 Å². The van der Waals surface area contributed by atoms with Crippen molar-refractivity contribution in [2.45, 2.75) is 73.2 Å². The largest absolute Gasteiger partial charge is 0.494 e. The normalized spacial score (nSPS) is 11.4. The molecule has 2 amide bonds. The molecule has 0 aliphatic heterocycles. The van der Waals surface area contributed by atoms with Crippen molar-refractivity contribution < 1.29 is 37.0 Å². The smallest absolute Gasteiger partial charge is 0.422 e. The molecule has 4 N–H and O–H groups in total. The fraction of sp³-hybridized carbons (Fsp3) is 0.486. The van der Waals surface area contributed by atoms with Gasteiger partial charge in [-0.15, -0.1) is 0 Å². The lowest BCUT2D eigenvalue weighted by Gasteiger charge is -2.26. The average Bonchev–Trinajstić information content (AvgIpc) is 3.05. The number of carbonyl (C=O) groups excluding carboxylic acids is 2. The summed E-state index contributed by atoms with van der Waals surface area (Å²) in [5.41, 5.74) is 0.685. The number of benzene rings is 2. The molecule has 0 fully saturated rings. The van der Waals surface area contributed by atoms with Crippen molar-refractivity contribution in [2.24, 2.45) is 5.41 Å². The van der Waals surface area contributed by atoms with E-state index in [1.165, 1.54) is 6.07 Å². The maximum atomic E-state index is 12.9. The number of halogens is 4. The van der Waals surface area contributed by atoms with Crippen LogP contribution in [0.3, 0.4) is 0 Å². The van der Waals surface area contributed by atoms with Gasteiger partial charge in [-0.3, -0.25) is 4.79 Å². The number of carbonyl (C=O) groups is 2. The van der Waals surface area contributed by atoms with Gasteiger partial charge in [0.1, 0.15) is 17.2 Å². The van der Waals surface area contributed by atoms with Gasteiger partial charge in [-0.2, -0.15) is 23.1 Å². The van der Waals surface area contributed by atoms with Crippen molar-refractivity contribution in [2.75, 3.05) is 42.3 Å². The third kappa shape index (κ3) is 16.9. The molecule has 0 radical (unpaired) electrons. The molecule has 0 atom stereocenters. The monoisotopic (exact) mass is 768 g/mol. The van der Waals surface area contributed by atoms with E-state index in [4.69, 9.17) is 14.2 Å². The Morgan fingerprint density at radius 2 is 1.50 bits per heavy atom. The van der Waals surface area contributed by atoms with Crippen molar-refractivity contribution in [3.05, 3.63) is 65.7 Å². The topological polar surface area (TPSA) is 136 Å². The first kappa shape index (κ1) is 41.9. The summed E-state index contributed by atoms with van der Waals surface area (Å²) in [6.45, 7) is 13.1. The van der Waals surface area contributed by atoms with E-state index in [2.05, 4.69) is 47.2 Å². The molecule has 3 aromatic rings. The van der Waals surface area contributed by atoms with Gasteiger partial charge in [-0.05, 0) is 74.6 Å². The highest BCUT2D eigenvalue weighted by Crippen LogP contribution is 2.24. The third-order valence-electron chi connectivity index (χ3n) is 6.27. The quantitative estimate of drug-likeness (QED) is 0.0839. The van der Waals surface area contributed by atoms with Gasteiger partial charge in [-0.25, -0.2) is 4.79 Å². The number of hydrogen-bond donors (Lipinski definition) is 4. The van der Waals surface area contributed by atoms with Gasteiger partial charge < -0.3 is 35.5 Å². The minimum atomic E-state index is -4.55. The number of nitrogens with one attached hydrogen (secondary N) is 4. The van der Waals surface area contributed by atoms with Crippen molar-refractivity contribution in [1.82, 2.24) is 20.6 Å². The van der Waals surface area contributed by atoms with Gasteiger partial charge in [0.05, 0.1) is 6.61 Å². The van der Waals surface area contributed by atoms with Crippen LogP contribution >= 0.6 is 15.9 Å². The Bertz CT molecular complexity index is 1480. The lowest BCUT2D eigenvalue weighted by Crippen LogP contribution is -2.43. The third-order valence-corrected chi connectivity index (χ3v) is 6.83. The Balaban J connectivity index is 0.00000425. The number of alkyl carbamates (subject to hydrolysis) is 1. The lowest BCUT2D eigenvalue weighted by atomic mass is 9.93. The van der Waals surface area contributed by atoms with Gasteiger partial charge in [0, 0.05) is 42.3 Å². The van der Waals surface area contributed by atoms with Crippen LogP contribution in [0.25, 0.3) is 0 Å². The number of anilines is 3. The first-order chi connectivity index (χ1) is 23.5. The first-order valence-corrected chi connectivity index (χ1v) is 17.3. The van der Waals surface area contributed by atoms with E-state index in [-0.39, 0.29) is 36.6 Å². The van der Waals surface area contributed by atoms with Gasteiger partial charge >= 0.3 is 12.3 Å². The summed E-state index contributed by atoms with van der Waals surface area (Å²) in [6, 6.07) is 15.1. The summed E-state index contributed by atoms with van der Waals surface area (Å²) >= 11 is 3.36. The van der Waals surface area contributed by atoms with E-state index in [0.717, 1.165) is 23.1 Å². The summed E-state index contributed by atoms with van der Waals surface area (Å²) in [5.74, 6) is 0.362. The molecule has 3 rings (SSSR count). The van der Waals surface area contributed by atoms with Crippen molar-refractivity contribution >= 4 is 45.4 Å². The van der Waals surface area contributed by atoms with Crippen LogP contribution < -0.4 is 30.7 Å². The number of hydrogen-bond acceptors (Lipinski definition) is 9. The highest BCUT2D eigenvalue weighted by atomic mass is 79.9. The van der Waals surface area contributed by atoms with E-state index >= 15 is 0 Å². The SMILES string of the molecule is CC.CC(C)(CNC(=O)OC(C)(C)C)CNC(=O)c1ccc(Nc2nc(NCc3ccc(OCCCBr)cc3)cc(OCC(F)(F)F)n2)cc1. The molecule has 0 bridgehead atoms. The van der Waals surface area contributed by atoms with Crippen LogP contribution in [0.15, 0.2) is 54.6 Å². The standard InChI is InChI=1S/C33H42BrF3N6O5.C2H6/c1-31(2,3)48-30(45)40-20-32(4,5)19-39-28(44)23-9-11-24(12-10-23)41-29-42-26(17-27(43-29)47-21-33(35,36)37)38-18-22-7-13-25(14-8-22)46-16-6-15-34;1-2/h7-14,17H,6,15-16,18-21H2,1-5H3,(H,39,44)(H,40,45)(H2,38,41,42,43);1-2H3. The Hall–Kier alpha value is -4.27.